The smallest absolute Gasteiger partial charge is 0.326 e. The molecule has 184 valence electrons. The van der Waals surface area contributed by atoms with Crippen molar-refractivity contribution in [1.29, 1.82) is 0 Å². The first-order valence-electron chi connectivity index (χ1n) is 10.8. The first-order valence-corrected chi connectivity index (χ1v) is 10.8. The van der Waals surface area contributed by atoms with Gasteiger partial charge in [-0.2, -0.15) is 0 Å². The van der Waals surface area contributed by atoms with Crippen molar-refractivity contribution in [1.82, 2.24) is 16.0 Å². The minimum Gasteiger partial charge on any atom is -0.480 e. The second-order valence-corrected chi connectivity index (χ2v) is 9.22. The third-order valence-corrected chi connectivity index (χ3v) is 4.72. The lowest BCUT2D eigenvalue weighted by Gasteiger charge is -2.26. The SMILES string of the molecule is CC(C)CC(NC(=O)C(CC(C)C)NC(=O)C(CC(N)=O)NC(=O)C(N)C(C)C)C(=O)O. The predicted octanol–water partition coefficient (Wildman–Crippen LogP) is -0.524. The Morgan fingerprint density at radius 2 is 1.12 bits per heavy atom. The molecule has 0 aliphatic heterocycles. The van der Waals surface area contributed by atoms with Crippen LogP contribution in [0.5, 0.6) is 0 Å². The zero-order valence-corrected chi connectivity index (χ0v) is 19.8. The minimum absolute atomic E-state index is 0.0158. The summed E-state index contributed by atoms with van der Waals surface area (Å²) in [5.41, 5.74) is 11.0. The zero-order valence-electron chi connectivity index (χ0n) is 19.8. The number of carboxylic acids is 1. The van der Waals surface area contributed by atoms with Gasteiger partial charge in [-0.25, -0.2) is 4.79 Å². The molecule has 0 aliphatic rings. The monoisotopic (exact) mass is 457 g/mol. The van der Waals surface area contributed by atoms with Crippen molar-refractivity contribution in [2.45, 2.75) is 85.0 Å². The maximum Gasteiger partial charge on any atom is 0.326 e. The molecule has 0 heterocycles. The molecular formula is C21H39N5O6. The number of hydrogen-bond donors (Lipinski definition) is 6. The zero-order chi connectivity index (χ0) is 25.2. The summed E-state index contributed by atoms with van der Waals surface area (Å²) in [6.07, 6.45) is -0.0469. The summed E-state index contributed by atoms with van der Waals surface area (Å²) < 4.78 is 0. The molecule has 0 aromatic rings. The number of nitrogens with one attached hydrogen (secondary N) is 3. The Morgan fingerprint density at radius 1 is 0.719 bits per heavy atom. The maximum atomic E-state index is 12.8. The number of nitrogens with two attached hydrogens (primary N) is 2. The first kappa shape index (κ1) is 29.3. The molecule has 0 fully saturated rings. The summed E-state index contributed by atoms with van der Waals surface area (Å²) in [6, 6.07) is -4.40. The van der Waals surface area contributed by atoms with E-state index in [1.54, 1.807) is 13.8 Å². The van der Waals surface area contributed by atoms with Gasteiger partial charge < -0.3 is 32.5 Å². The van der Waals surface area contributed by atoms with Crippen LogP contribution in [0.4, 0.5) is 0 Å². The van der Waals surface area contributed by atoms with E-state index in [0.29, 0.717) is 0 Å². The Hall–Kier alpha value is -2.69. The van der Waals surface area contributed by atoms with Crippen LogP contribution in [0.15, 0.2) is 0 Å². The van der Waals surface area contributed by atoms with Gasteiger partial charge in [0, 0.05) is 0 Å². The second-order valence-electron chi connectivity index (χ2n) is 9.22. The number of primary amides is 1. The molecule has 0 spiro atoms. The Labute approximate surface area is 189 Å². The third kappa shape index (κ3) is 11.1. The van der Waals surface area contributed by atoms with E-state index >= 15 is 0 Å². The van der Waals surface area contributed by atoms with Crippen molar-refractivity contribution in [2.24, 2.45) is 29.2 Å². The Morgan fingerprint density at radius 3 is 1.53 bits per heavy atom. The summed E-state index contributed by atoms with van der Waals surface area (Å²) in [4.78, 5) is 60.8. The number of carboxylic acid groups (broad SMARTS) is 1. The summed E-state index contributed by atoms with van der Waals surface area (Å²) in [7, 11) is 0. The maximum absolute atomic E-state index is 12.8. The molecule has 0 saturated carbocycles. The summed E-state index contributed by atoms with van der Waals surface area (Å²) in [5, 5.41) is 16.8. The Balaban J connectivity index is 5.54. The van der Waals surface area contributed by atoms with E-state index in [1.807, 2.05) is 27.7 Å². The number of aliphatic carboxylic acids is 1. The fourth-order valence-electron chi connectivity index (χ4n) is 2.92. The summed E-state index contributed by atoms with van der Waals surface area (Å²) in [6.45, 7) is 10.8. The van der Waals surface area contributed by atoms with Gasteiger partial charge in [-0.15, -0.1) is 0 Å². The van der Waals surface area contributed by atoms with Gasteiger partial charge >= 0.3 is 5.97 Å². The number of carbonyl (C=O) groups excluding carboxylic acids is 4. The van der Waals surface area contributed by atoms with E-state index in [-0.39, 0.29) is 30.6 Å². The molecule has 4 amide bonds. The van der Waals surface area contributed by atoms with Gasteiger partial charge in [0.25, 0.3) is 0 Å². The Kier molecular flexibility index (Phi) is 12.5. The fraction of sp³-hybridized carbons (Fsp3) is 0.762. The van der Waals surface area contributed by atoms with Gasteiger partial charge in [-0.05, 0) is 30.6 Å². The van der Waals surface area contributed by atoms with Crippen molar-refractivity contribution < 1.29 is 29.1 Å². The highest BCUT2D eigenvalue weighted by Crippen LogP contribution is 2.10. The number of amides is 4. The largest absolute Gasteiger partial charge is 0.480 e. The summed E-state index contributed by atoms with van der Waals surface area (Å²) in [5.74, 6) is -4.28. The molecule has 0 radical (unpaired) electrons. The number of rotatable bonds is 14. The molecule has 4 unspecified atom stereocenters. The van der Waals surface area contributed by atoms with Crippen LogP contribution in [0.2, 0.25) is 0 Å². The van der Waals surface area contributed by atoms with E-state index in [9.17, 15) is 29.1 Å². The van der Waals surface area contributed by atoms with E-state index in [2.05, 4.69) is 16.0 Å². The normalized spacial score (nSPS) is 15.1. The van der Waals surface area contributed by atoms with Gasteiger partial charge in [0.05, 0.1) is 12.5 Å². The van der Waals surface area contributed by atoms with E-state index in [0.717, 1.165) is 0 Å². The fourth-order valence-corrected chi connectivity index (χ4v) is 2.92. The topological polar surface area (TPSA) is 194 Å². The molecule has 4 atom stereocenters. The van der Waals surface area contributed by atoms with Crippen molar-refractivity contribution in [3.05, 3.63) is 0 Å². The van der Waals surface area contributed by atoms with Crippen LogP contribution in [-0.4, -0.2) is 58.9 Å². The number of hydrogen-bond acceptors (Lipinski definition) is 6. The highest BCUT2D eigenvalue weighted by Gasteiger charge is 2.32. The molecule has 11 nitrogen and oxygen atoms in total. The molecule has 11 heteroatoms. The second kappa shape index (κ2) is 13.7. The van der Waals surface area contributed by atoms with Crippen LogP contribution >= 0.6 is 0 Å². The molecular weight excluding hydrogens is 418 g/mol. The average Bonchev–Trinajstić information content (AvgIpc) is 2.64. The minimum atomic E-state index is -1.32. The lowest BCUT2D eigenvalue weighted by atomic mass is 10.00. The van der Waals surface area contributed by atoms with Crippen LogP contribution in [-0.2, 0) is 24.0 Å². The highest BCUT2D eigenvalue weighted by atomic mass is 16.4. The highest BCUT2D eigenvalue weighted by molar-refractivity contribution is 5.96. The molecule has 0 rings (SSSR count). The van der Waals surface area contributed by atoms with E-state index in [4.69, 9.17) is 11.5 Å². The molecule has 0 aromatic carbocycles. The van der Waals surface area contributed by atoms with Crippen molar-refractivity contribution in [3.63, 3.8) is 0 Å². The van der Waals surface area contributed by atoms with Gasteiger partial charge in [0.2, 0.25) is 23.6 Å². The third-order valence-electron chi connectivity index (χ3n) is 4.72. The molecule has 0 saturated heterocycles. The van der Waals surface area contributed by atoms with Gasteiger partial charge in [0.15, 0.2) is 0 Å². The standard InChI is InChI=1S/C21H39N5O6/c1-10(2)7-13(18(28)26-15(21(31)32)8-11(3)4)24-19(29)14(9-16(22)27)25-20(30)17(23)12(5)6/h10-15,17H,7-9,23H2,1-6H3,(H2,22,27)(H,24,29)(H,25,30)(H,26,28)(H,31,32). The van der Waals surface area contributed by atoms with Gasteiger partial charge in [0.1, 0.15) is 18.1 Å². The van der Waals surface area contributed by atoms with E-state index in [1.165, 1.54) is 0 Å². The first-order chi connectivity index (χ1) is 14.6. The van der Waals surface area contributed by atoms with Crippen molar-refractivity contribution >= 4 is 29.6 Å². The summed E-state index contributed by atoms with van der Waals surface area (Å²) >= 11 is 0. The molecule has 0 bridgehead atoms. The van der Waals surface area contributed by atoms with Crippen LogP contribution in [0.1, 0.15) is 60.8 Å². The quantitative estimate of drug-likeness (QED) is 0.202. The van der Waals surface area contributed by atoms with Crippen molar-refractivity contribution in [3.8, 4) is 0 Å². The lowest BCUT2D eigenvalue weighted by Crippen LogP contribution is -2.58. The van der Waals surface area contributed by atoms with Crippen LogP contribution in [0, 0.1) is 17.8 Å². The van der Waals surface area contributed by atoms with Crippen LogP contribution in [0.25, 0.3) is 0 Å². The van der Waals surface area contributed by atoms with Crippen LogP contribution in [0.3, 0.4) is 0 Å². The molecule has 32 heavy (non-hydrogen) atoms. The lowest BCUT2D eigenvalue weighted by molar-refractivity contribution is -0.143. The Bertz CT molecular complexity index is 680. The number of carbonyl (C=O) groups is 5. The molecule has 0 aliphatic carbocycles. The molecule has 0 aromatic heterocycles. The van der Waals surface area contributed by atoms with Crippen LogP contribution < -0.4 is 27.4 Å². The van der Waals surface area contributed by atoms with E-state index < -0.39 is 60.2 Å². The molecule has 8 N–H and O–H groups in total. The van der Waals surface area contributed by atoms with Gasteiger partial charge in [-0.1, -0.05) is 41.5 Å². The predicted molar refractivity (Wildman–Crippen MR) is 119 cm³/mol. The van der Waals surface area contributed by atoms with Gasteiger partial charge in [-0.3, -0.25) is 19.2 Å². The van der Waals surface area contributed by atoms with Crippen molar-refractivity contribution in [2.75, 3.05) is 0 Å². The average molecular weight is 458 g/mol.